The summed E-state index contributed by atoms with van der Waals surface area (Å²) < 4.78 is 5.86. The summed E-state index contributed by atoms with van der Waals surface area (Å²) in [5.74, 6) is 0. The first-order chi connectivity index (χ1) is 6.83. The maximum absolute atomic E-state index is 5.86. The van der Waals surface area contributed by atoms with E-state index in [-0.39, 0.29) is 0 Å². The maximum Gasteiger partial charge on any atom is 0.0661 e. The van der Waals surface area contributed by atoms with E-state index in [9.17, 15) is 0 Å². The van der Waals surface area contributed by atoms with Gasteiger partial charge in [-0.05, 0) is 33.2 Å². The second-order valence-electron chi connectivity index (χ2n) is 4.81. The molecule has 0 radical (unpaired) electrons. The minimum atomic E-state index is 0.503. The molecule has 0 bridgehead atoms. The predicted octanol–water partition coefficient (Wildman–Crippen LogP) is 2.33. The smallest absolute Gasteiger partial charge is 0.0661 e. The lowest BCUT2D eigenvalue weighted by molar-refractivity contribution is -0.148. The normalized spacial score (nSPS) is 35.6. The first kappa shape index (κ1) is 10.4. The molecular formula is C12H23NO. The molecule has 2 atom stereocenters. The Morgan fingerprint density at radius 1 is 1.29 bits per heavy atom. The van der Waals surface area contributed by atoms with Crippen LogP contribution in [0.15, 0.2) is 0 Å². The molecule has 0 unspecified atom stereocenters. The van der Waals surface area contributed by atoms with Gasteiger partial charge in [-0.25, -0.2) is 0 Å². The fourth-order valence-corrected chi connectivity index (χ4v) is 3.47. The Morgan fingerprint density at radius 3 is 2.57 bits per heavy atom. The highest BCUT2D eigenvalue weighted by molar-refractivity contribution is 5.08. The van der Waals surface area contributed by atoms with Crippen molar-refractivity contribution in [2.45, 2.75) is 57.6 Å². The van der Waals surface area contributed by atoms with Crippen LogP contribution in [0.5, 0.6) is 0 Å². The van der Waals surface area contributed by atoms with Gasteiger partial charge in [0.15, 0.2) is 0 Å². The Labute approximate surface area is 87.4 Å². The quantitative estimate of drug-likeness (QED) is 0.750. The molecule has 2 rings (SSSR count). The van der Waals surface area contributed by atoms with Crippen LogP contribution in [0.4, 0.5) is 0 Å². The molecule has 2 heteroatoms. The van der Waals surface area contributed by atoms with Gasteiger partial charge in [-0.3, -0.25) is 0 Å². The third-order valence-electron chi connectivity index (χ3n) is 4.29. The van der Waals surface area contributed by atoms with E-state index in [1.54, 1.807) is 0 Å². The van der Waals surface area contributed by atoms with Gasteiger partial charge in [0.2, 0.25) is 0 Å². The zero-order valence-corrected chi connectivity index (χ0v) is 9.51. The second-order valence-corrected chi connectivity index (χ2v) is 4.81. The minimum Gasteiger partial charge on any atom is -0.378 e. The molecule has 2 fully saturated rings. The molecule has 0 aromatic rings. The molecular weight excluding hydrogens is 174 g/mol. The van der Waals surface area contributed by atoms with Crippen LogP contribution >= 0.6 is 0 Å². The highest BCUT2D eigenvalue weighted by atomic mass is 16.5. The van der Waals surface area contributed by atoms with Gasteiger partial charge >= 0.3 is 0 Å². The zero-order chi connectivity index (χ0) is 10.0. The Balaban J connectivity index is 2.01. The molecule has 0 saturated heterocycles. The highest BCUT2D eigenvalue weighted by Crippen LogP contribution is 2.53. The SMILES string of the molecule is CCO[C@@H]1C[C@H](NC)C12CCCCC2. The van der Waals surface area contributed by atoms with Gasteiger partial charge in [0, 0.05) is 18.1 Å². The van der Waals surface area contributed by atoms with Crippen LogP contribution in [0.3, 0.4) is 0 Å². The summed E-state index contributed by atoms with van der Waals surface area (Å²) in [5, 5.41) is 3.47. The lowest BCUT2D eigenvalue weighted by atomic mass is 9.55. The summed E-state index contributed by atoms with van der Waals surface area (Å²) in [4.78, 5) is 0. The topological polar surface area (TPSA) is 21.3 Å². The van der Waals surface area contributed by atoms with Crippen molar-refractivity contribution in [2.75, 3.05) is 13.7 Å². The van der Waals surface area contributed by atoms with Gasteiger partial charge in [0.1, 0.15) is 0 Å². The van der Waals surface area contributed by atoms with E-state index >= 15 is 0 Å². The molecule has 2 aliphatic rings. The Bertz CT molecular complexity index is 187. The summed E-state index contributed by atoms with van der Waals surface area (Å²) in [5.41, 5.74) is 0.503. The molecule has 14 heavy (non-hydrogen) atoms. The third-order valence-corrected chi connectivity index (χ3v) is 4.29. The maximum atomic E-state index is 5.86. The van der Waals surface area contributed by atoms with Gasteiger partial charge in [-0.1, -0.05) is 19.3 Å². The van der Waals surface area contributed by atoms with Gasteiger partial charge in [-0.15, -0.1) is 0 Å². The Morgan fingerprint density at radius 2 is 2.00 bits per heavy atom. The predicted molar refractivity (Wildman–Crippen MR) is 58.4 cm³/mol. The molecule has 1 spiro atoms. The van der Waals surface area contributed by atoms with Crippen LogP contribution in [0, 0.1) is 5.41 Å². The second kappa shape index (κ2) is 4.19. The average Bonchev–Trinajstić information content (AvgIpc) is 2.25. The molecule has 82 valence electrons. The van der Waals surface area contributed by atoms with Crippen molar-refractivity contribution in [3.63, 3.8) is 0 Å². The van der Waals surface area contributed by atoms with E-state index in [4.69, 9.17) is 4.74 Å². The average molecular weight is 197 g/mol. The summed E-state index contributed by atoms with van der Waals surface area (Å²) >= 11 is 0. The number of ether oxygens (including phenoxy) is 1. The standard InChI is InChI=1S/C12H23NO/c1-3-14-11-9-10(13-2)12(11)7-5-4-6-8-12/h10-11,13H,3-9H2,1-2H3/t10-,11+/m0/s1. The Hall–Kier alpha value is -0.0800. The van der Waals surface area contributed by atoms with E-state index in [0.717, 1.165) is 12.6 Å². The van der Waals surface area contributed by atoms with Crippen molar-refractivity contribution in [2.24, 2.45) is 5.41 Å². The molecule has 0 heterocycles. The lowest BCUT2D eigenvalue weighted by Gasteiger charge is -2.57. The third kappa shape index (κ3) is 1.49. The summed E-state index contributed by atoms with van der Waals surface area (Å²) in [6, 6.07) is 0.722. The van der Waals surface area contributed by atoms with Crippen LogP contribution in [0.2, 0.25) is 0 Å². The fourth-order valence-electron chi connectivity index (χ4n) is 3.47. The first-order valence-electron chi connectivity index (χ1n) is 6.12. The van der Waals surface area contributed by atoms with Crippen LogP contribution in [-0.4, -0.2) is 25.8 Å². The largest absolute Gasteiger partial charge is 0.378 e. The van der Waals surface area contributed by atoms with E-state index in [2.05, 4.69) is 19.3 Å². The monoisotopic (exact) mass is 197 g/mol. The van der Waals surface area contributed by atoms with Crippen LogP contribution in [-0.2, 0) is 4.74 Å². The first-order valence-corrected chi connectivity index (χ1v) is 6.12. The number of nitrogens with one attached hydrogen (secondary N) is 1. The molecule has 0 aromatic heterocycles. The number of hydrogen-bond acceptors (Lipinski definition) is 2. The Kier molecular flexibility index (Phi) is 3.13. The number of hydrogen-bond donors (Lipinski definition) is 1. The van der Waals surface area contributed by atoms with Crippen molar-refractivity contribution in [1.29, 1.82) is 0 Å². The van der Waals surface area contributed by atoms with Gasteiger partial charge < -0.3 is 10.1 Å². The van der Waals surface area contributed by atoms with Crippen LogP contribution < -0.4 is 5.32 Å². The van der Waals surface area contributed by atoms with Crippen molar-refractivity contribution < 1.29 is 4.74 Å². The highest BCUT2D eigenvalue weighted by Gasteiger charge is 2.54. The van der Waals surface area contributed by atoms with E-state index in [1.807, 2.05) is 0 Å². The molecule has 0 aromatic carbocycles. The lowest BCUT2D eigenvalue weighted by Crippen LogP contribution is -2.63. The van der Waals surface area contributed by atoms with Gasteiger partial charge in [0.25, 0.3) is 0 Å². The molecule has 0 amide bonds. The van der Waals surface area contributed by atoms with E-state index in [1.165, 1.54) is 38.5 Å². The van der Waals surface area contributed by atoms with Crippen LogP contribution in [0.1, 0.15) is 45.4 Å². The molecule has 1 N–H and O–H groups in total. The van der Waals surface area contributed by atoms with Crippen LogP contribution in [0.25, 0.3) is 0 Å². The van der Waals surface area contributed by atoms with Crippen molar-refractivity contribution in [3.8, 4) is 0 Å². The molecule has 2 saturated carbocycles. The number of rotatable bonds is 3. The summed E-state index contributed by atoms with van der Waals surface area (Å²) in [7, 11) is 2.10. The van der Waals surface area contributed by atoms with Gasteiger partial charge in [0.05, 0.1) is 6.10 Å². The fraction of sp³-hybridized carbons (Fsp3) is 1.00. The molecule has 0 aliphatic heterocycles. The van der Waals surface area contributed by atoms with Gasteiger partial charge in [-0.2, -0.15) is 0 Å². The summed E-state index contributed by atoms with van der Waals surface area (Å²) in [6.45, 7) is 2.99. The minimum absolute atomic E-state index is 0.503. The van der Waals surface area contributed by atoms with E-state index < -0.39 is 0 Å². The van der Waals surface area contributed by atoms with Crippen molar-refractivity contribution in [1.82, 2.24) is 5.32 Å². The molecule has 2 aliphatic carbocycles. The molecule has 2 nitrogen and oxygen atoms in total. The van der Waals surface area contributed by atoms with Crippen molar-refractivity contribution in [3.05, 3.63) is 0 Å². The zero-order valence-electron chi connectivity index (χ0n) is 9.51. The van der Waals surface area contributed by atoms with Crippen molar-refractivity contribution >= 4 is 0 Å². The van der Waals surface area contributed by atoms with E-state index in [0.29, 0.717) is 11.5 Å². The summed E-state index contributed by atoms with van der Waals surface area (Å²) in [6.07, 6.45) is 8.77.